The molecule has 0 bridgehead atoms. The second-order valence-corrected chi connectivity index (χ2v) is 7.91. The molecule has 1 amide bonds. The van der Waals surface area contributed by atoms with E-state index < -0.39 is 28.7 Å². The van der Waals surface area contributed by atoms with Gasteiger partial charge in [-0.25, -0.2) is 13.8 Å². The number of benzene rings is 2. The van der Waals surface area contributed by atoms with Crippen molar-refractivity contribution < 1.29 is 23.1 Å². The van der Waals surface area contributed by atoms with Gasteiger partial charge in [0.05, 0.1) is 30.1 Å². The number of amides is 1. The lowest BCUT2D eigenvalue weighted by atomic mass is 9.90. The third kappa shape index (κ3) is 3.88. The first kappa shape index (κ1) is 20.6. The van der Waals surface area contributed by atoms with E-state index in [4.69, 9.17) is 4.74 Å². The van der Waals surface area contributed by atoms with Crippen LogP contribution < -0.4 is 10.1 Å². The van der Waals surface area contributed by atoms with E-state index in [9.17, 15) is 18.4 Å². The van der Waals surface area contributed by atoms with Gasteiger partial charge in [0.25, 0.3) is 5.91 Å². The predicted molar refractivity (Wildman–Crippen MR) is 110 cm³/mol. The fourth-order valence-corrected chi connectivity index (χ4v) is 3.54. The smallest absolute Gasteiger partial charge is 0.262 e. The Morgan fingerprint density at radius 3 is 2.39 bits per heavy atom. The zero-order chi connectivity index (χ0) is 22.3. The molecule has 3 aromatic rings. The maximum absolute atomic E-state index is 13.8. The number of hydrogen-bond acceptors (Lipinski definition) is 5. The number of aromatic nitrogens is 2. The number of ketones is 1. The highest BCUT2D eigenvalue weighted by atomic mass is 19.1. The zero-order valence-electron chi connectivity index (χ0n) is 17.1. The lowest BCUT2D eigenvalue weighted by molar-refractivity contribution is 0.0615. The monoisotopic (exact) mass is 423 g/mol. The molecule has 0 unspecified atom stereocenters. The van der Waals surface area contributed by atoms with Gasteiger partial charge in [0.15, 0.2) is 11.6 Å². The summed E-state index contributed by atoms with van der Waals surface area (Å²) in [6.07, 6.45) is 3.02. The average molecular weight is 423 g/mol. The molecule has 2 aromatic carbocycles. The molecular formula is C23H19F2N3O3. The third-order valence-corrected chi connectivity index (χ3v) is 5.03. The van der Waals surface area contributed by atoms with Crippen molar-refractivity contribution in [1.29, 1.82) is 0 Å². The van der Waals surface area contributed by atoms with Crippen molar-refractivity contribution in [3.05, 3.63) is 71.1 Å². The molecule has 31 heavy (non-hydrogen) atoms. The molecule has 2 heterocycles. The number of hydrogen-bond donors (Lipinski definition) is 1. The van der Waals surface area contributed by atoms with E-state index in [1.165, 1.54) is 18.5 Å². The molecule has 0 fully saturated rings. The van der Waals surface area contributed by atoms with Crippen LogP contribution in [0.1, 0.15) is 46.5 Å². The maximum Gasteiger partial charge on any atom is 0.262 e. The Bertz CT molecular complexity index is 1190. The summed E-state index contributed by atoms with van der Waals surface area (Å²) < 4.78 is 33.6. The standard InChI is InChI=1S/C23H19F2N3O3/c1-12-13(7-8-14-18(29)9-23(2,3)31-21(12)14)17-10-27-19(11-26-17)28-22(30)20-15(24)5-4-6-16(20)25/h4-8,10-11H,9H2,1-3H3,(H,27,28,30). The Kier molecular flexibility index (Phi) is 5.00. The molecule has 158 valence electrons. The van der Waals surface area contributed by atoms with Gasteiger partial charge in [-0.3, -0.25) is 14.6 Å². The molecule has 1 aromatic heterocycles. The lowest BCUT2D eigenvalue weighted by Gasteiger charge is -2.33. The van der Waals surface area contributed by atoms with Crippen LogP contribution in [-0.4, -0.2) is 27.3 Å². The summed E-state index contributed by atoms with van der Waals surface area (Å²) in [5.74, 6) is -2.32. The van der Waals surface area contributed by atoms with Crippen LogP contribution in [0.5, 0.6) is 5.75 Å². The van der Waals surface area contributed by atoms with Crippen LogP contribution in [0.25, 0.3) is 11.3 Å². The number of nitrogens with one attached hydrogen (secondary N) is 1. The minimum atomic E-state index is -0.968. The fraction of sp³-hybridized carbons (Fsp3) is 0.217. The zero-order valence-corrected chi connectivity index (χ0v) is 17.1. The van der Waals surface area contributed by atoms with Gasteiger partial charge in [-0.15, -0.1) is 0 Å². The number of fused-ring (bicyclic) bond motifs is 1. The lowest BCUT2D eigenvalue weighted by Crippen LogP contribution is -2.36. The molecule has 4 rings (SSSR count). The number of nitrogens with zero attached hydrogens (tertiary/aromatic N) is 2. The van der Waals surface area contributed by atoms with Crippen LogP contribution in [0.4, 0.5) is 14.6 Å². The highest BCUT2D eigenvalue weighted by molar-refractivity contribution is 6.04. The Morgan fingerprint density at radius 2 is 1.74 bits per heavy atom. The number of Topliss-reactive ketones (excluding diaryl/α,β-unsaturated/α-hetero) is 1. The summed E-state index contributed by atoms with van der Waals surface area (Å²) in [4.78, 5) is 33.1. The molecule has 0 saturated carbocycles. The minimum Gasteiger partial charge on any atom is -0.486 e. The first-order valence-electron chi connectivity index (χ1n) is 9.60. The highest BCUT2D eigenvalue weighted by Gasteiger charge is 2.34. The Morgan fingerprint density at radius 1 is 1.06 bits per heavy atom. The Labute approximate surface area is 177 Å². The Hall–Kier alpha value is -3.68. The molecule has 0 aliphatic carbocycles. The van der Waals surface area contributed by atoms with Crippen LogP contribution in [0, 0.1) is 18.6 Å². The SMILES string of the molecule is Cc1c(-c2cnc(NC(=O)c3c(F)cccc3F)cn2)ccc2c1OC(C)(C)CC2=O. The van der Waals surface area contributed by atoms with Crippen molar-refractivity contribution in [2.75, 3.05) is 5.32 Å². The van der Waals surface area contributed by atoms with E-state index in [1.54, 1.807) is 12.1 Å². The van der Waals surface area contributed by atoms with Gasteiger partial charge >= 0.3 is 0 Å². The molecule has 0 atom stereocenters. The molecule has 1 aliphatic rings. The summed E-state index contributed by atoms with van der Waals surface area (Å²) in [5.41, 5.74) is 1.20. The van der Waals surface area contributed by atoms with Crippen LogP contribution in [0.3, 0.4) is 0 Å². The number of rotatable bonds is 3. The molecule has 8 heteroatoms. The molecule has 0 spiro atoms. The Balaban J connectivity index is 1.61. The number of halogens is 2. The van der Waals surface area contributed by atoms with Crippen molar-refractivity contribution in [3.8, 4) is 17.0 Å². The molecule has 0 radical (unpaired) electrons. The van der Waals surface area contributed by atoms with Gasteiger partial charge in [0.2, 0.25) is 0 Å². The van der Waals surface area contributed by atoms with E-state index in [0.717, 1.165) is 23.3 Å². The van der Waals surface area contributed by atoms with E-state index in [1.807, 2.05) is 20.8 Å². The van der Waals surface area contributed by atoms with Gasteiger partial charge in [0, 0.05) is 11.1 Å². The maximum atomic E-state index is 13.8. The van der Waals surface area contributed by atoms with E-state index in [-0.39, 0.29) is 11.6 Å². The second kappa shape index (κ2) is 7.54. The number of carbonyl (C=O) groups is 2. The normalized spacial score (nSPS) is 14.5. The van der Waals surface area contributed by atoms with Gasteiger partial charge in [0.1, 0.15) is 28.5 Å². The molecule has 6 nitrogen and oxygen atoms in total. The average Bonchev–Trinajstić information content (AvgIpc) is 2.69. The topological polar surface area (TPSA) is 81.2 Å². The van der Waals surface area contributed by atoms with Crippen molar-refractivity contribution in [1.82, 2.24) is 9.97 Å². The van der Waals surface area contributed by atoms with Gasteiger partial charge < -0.3 is 10.1 Å². The van der Waals surface area contributed by atoms with E-state index >= 15 is 0 Å². The summed E-state index contributed by atoms with van der Waals surface area (Å²) in [6, 6.07) is 6.65. The molecular weight excluding hydrogens is 404 g/mol. The summed E-state index contributed by atoms with van der Waals surface area (Å²) in [6.45, 7) is 5.55. The van der Waals surface area contributed by atoms with Crippen LogP contribution in [0.2, 0.25) is 0 Å². The van der Waals surface area contributed by atoms with Crippen molar-refractivity contribution in [3.63, 3.8) is 0 Å². The first-order chi connectivity index (χ1) is 14.7. The van der Waals surface area contributed by atoms with Crippen molar-refractivity contribution >= 4 is 17.5 Å². The van der Waals surface area contributed by atoms with Crippen LogP contribution in [-0.2, 0) is 0 Å². The largest absolute Gasteiger partial charge is 0.486 e. The van der Waals surface area contributed by atoms with Gasteiger partial charge in [-0.1, -0.05) is 12.1 Å². The fourth-order valence-electron chi connectivity index (χ4n) is 3.54. The minimum absolute atomic E-state index is 0.0189. The summed E-state index contributed by atoms with van der Waals surface area (Å²) >= 11 is 0. The summed E-state index contributed by atoms with van der Waals surface area (Å²) in [5, 5.41) is 2.34. The molecule has 1 aliphatic heterocycles. The highest BCUT2D eigenvalue weighted by Crippen LogP contribution is 2.39. The second-order valence-electron chi connectivity index (χ2n) is 7.91. The number of anilines is 1. The molecule has 0 saturated heterocycles. The van der Waals surface area contributed by atoms with Crippen LogP contribution in [0.15, 0.2) is 42.7 Å². The van der Waals surface area contributed by atoms with Crippen molar-refractivity contribution in [2.45, 2.75) is 32.8 Å². The van der Waals surface area contributed by atoms with Gasteiger partial charge in [-0.05, 0) is 39.0 Å². The quantitative estimate of drug-likeness (QED) is 0.659. The van der Waals surface area contributed by atoms with E-state index in [2.05, 4.69) is 15.3 Å². The number of ether oxygens (including phenoxy) is 1. The van der Waals surface area contributed by atoms with Gasteiger partial charge in [-0.2, -0.15) is 0 Å². The summed E-state index contributed by atoms with van der Waals surface area (Å²) in [7, 11) is 0. The third-order valence-electron chi connectivity index (χ3n) is 5.03. The van der Waals surface area contributed by atoms with Crippen molar-refractivity contribution in [2.24, 2.45) is 0 Å². The van der Waals surface area contributed by atoms with E-state index in [0.29, 0.717) is 23.4 Å². The molecule has 1 N–H and O–H groups in total. The predicted octanol–water partition coefficient (Wildman–Crippen LogP) is 4.73. The first-order valence-corrected chi connectivity index (χ1v) is 9.60. The van der Waals surface area contributed by atoms with Crippen LogP contribution >= 0.6 is 0 Å². The number of carbonyl (C=O) groups excluding carboxylic acids is 2.